The number of hydrazine groups is 1. The fraction of sp³-hybridized carbons (Fsp3) is 0.545. The van der Waals surface area contributed by atoms with Crippen LogP contribution in [0.1, 0.15) is 25.3 Å². The number of carbonyl (C=O) groups is 1. The van der Waals surface area contributed by atoms with Gasteiger partial charge in [0.05, 0.1) is 32.6 Å². The van der Waals surface area contributed by atoms with Gasteiger partial charge < -0.3 is 30.3 Å². The summed E-state index contributed by atoms with van der Waals surface area (Å²) in [6.07, 6.45) is 3.31. The molecule has 0 amide bonds. The monoisotopic (exact) mass is 431 g/mol. The minimum Gasteiger partial charge on any atom is -0.476 e. The van der Waals surface area contributed by atoms with Crippen molar-refractivity contribution < 1.29 is 19.0 Å². The Balaban J connectivity index is 1.68. The van der Waals surface area contributed by atoms with Crippen molar-refractivity contribution in [1.82, 2.24) is 14.9 Å². The maximum absolute atomic E-state index is 12.0. The fourth-order valence-electron chi connectivity index (χ4n) is 3.69. The quantitative estimate of drug-likeness (QED) is 0.263. The van der Waals surface area contributed by atoms with Crippen LogP contribution in [-0.2, 0) is 14.3 Å². The van der Waals surface area contributed by atoms with Gasteiger partial charge in [0.15, 0.2) is 0 Å². The normalized spacial score (nSPS) is 18.0. The van der Waals surface area contributed by atoms with E-state index in [0.29, 0.717) is 55.3 Å². The molecule has 3 N–H and O–H groups in total. The lowest BCUT2D eigenvalue weighted by Crippen LogP contribution is -2.47. The van der Waals surface area contributed by atoms with Gasteiger partial charge >= 0.3 is 5.97 Å². The number of hydrogen-bond acceptors (Lipinski definition) is 9. The second-order valence-electron chi connectivity index (χ2n) is 7.90. The highest BCUT2D eigenvalue weighted by Crippen LogP contribution is 2.41. The van der Waals surface area contributed by atoms with Crippen LogP contribution >= 0.6 is 0 Å². The van der Waals surface area contributed by atoms with Gasteiger partial charge in [0, 0.05) is 51.3 Å². The highest BCUT2D eigenvalue weighted by molar-refractivity contribution is 6.04. The number of likely N-dealkylation sites (N-methyl/N-ethyl adjacent to an activating group) is 1. The third kappa shape index (κ3) is 5.11. The van der Waals surface area contributed by atoms with E-state index < -0.39 is 5.60 Å². The molecular weight excluding hydrogens is 398 g/mol. The maximum atomic E-state index is 12.0. The number of nitrogens with two attached hydrogens (primary N) is 1. The number of carbonyl (C=O) groups excluding carboxylic acids is 1. The van der Waals surface area contributed by atoms with Gasteiger partial charge in [0.2, 0.25) is 5.60 Å². The summed E-state index contributed by atoms with van der Waals surface area (Å²) in [7, 11) is 5.28. The van der Waals surface area contributed by atoms with Gasteiger partial charge in [-0.15, -0.1) is 0 Å². The van der Waals surface area contributed by atoms with Crippen molar-refractivity contribution in [2.24, 2.45) is 0 Å². The van der Waals surface area contributed by atoms with Crippen molar-refractivity contribution in [3.05, 3.63) is 35.7 Å². The van der Waals surface area contributed by atoms with E-state index in [0.717, 1.165) is 18.9 Å². The Morgan fingerprint density at radius 3 is 2.58 bits per heavy atom. The summed E-state index contributed by atoms with van der Waals surface area (Å²) in [6, 6.07) is 5.16. The summed E-state index contributed by atoms with van der Waals surface area (Å²) in [4.78, 5) is 14.3. The lowest BCUT2D eigenvalue weighted by atomic mass is 10.1. The molecule has 9 nitrogen and oxygen atoms in total. The number of allylic oxidation sites excluding steroid dienone is 1. The Hall–Kier alpha value is -2.78. The van der Waals surface area contributed by atoms with Crippen molar-refractivity contribution in [1.29, 1.82) is 5.41 Å². The first-order chi connectivity index (χ1) is 14.8. The molecule has 2 aliphatic rings. The molecule has 0 spiro atoms. The summed E-state index contributed by atoms with van der Waals surface area (Å²) in [5.41, 5.74) is 6.70. The number of anilines is 1. The van der Waals surface area contributed by atoms with Crippen LogP contribution in [-0.4, -0.2) is 86.3 Å². The summed E-state index contributed by atoms with van der Waals surface area (Å²) >= 11 is 0. The van der Waals surface area contributed by atoms with Gasteiger partial charge in [0.25, 0.3) is 0 Å². The molecule has 1 saturated heterocycles. The molecule has 31 heavy (non-hydrogen) atoms. The lowest BCUT2D eigenvalue weighted by Gasteiger charge is -2.40. The van der Waals surface area contributed by atoms with E-state index >= 15 is 0 Å². The third-order valence-corrected chi connectivity index (χ3v) is 5.75. The molecular formula is C22H33N5O4. The molecule has 0 atom stereocenters. The van der Waals surface area contributed by atoms with Gasteiger partial charge in [-0.2, -0.15) is 0 Å². The van der Waals surface area contributed by atoms with Crippen molar-refractivity contribution in [3.8, 4) is 5.75 Å². The summed E-state index contributed by atoms with van der Waals surface area (Å²) < 4.78 is 16.2. The topological polar surface area (TPSA) is 104 Å². The SMILES string of the molecule is C/C=C(/N1CCOCC1)N(C)N(C)CC(=N)c1cc(OC2(C(=O)OC)CC2)ccc1N. The highest BCUT2D eigenvalue weighted by atomic mass is 16.6. The lowest BCUT2D eigenvalue weighted by molar-refractivity contribution is -0.151. The standard InChI is InChI=1S/C22H33N5O4/c1-5-20(27-10-12-30-13-11-27)26(3)25(2)15-19(24)17-14-16(6-7-18(17)23)31-22(8-9-22)21(28)29-4/h5-7,14,24H,8-13,15,23H2,1-4H3/b20-5+,24-19?. The molecule has 2 fully saturated rings. The highest BCUT2D eigenvalue weighted by Gasteiger charge is 2.54. The predicted octanol–water partition coefficient (Wildman–Crippen LogP) is 1.69. The molecule has 1 aliphatic heterocycles. The van der Waals surface area contributed by atoms with Crippen LogP contribution in [0.4, 0.5) is 5.69 Å². The van der Waals surface area contributed by atoms with Gasteiger partial charge in [-0.25, -0.2) is 9.80 Å². The zero-order valence-corrected chi connectivity index (χ0v) is 18.8. The largest absolute Gasteiger partial charge is 0.476 e. The van der Waals surface area contributed by atoms with Crippen molar-refractivity contribution in [2.75, 3.05) is 59.8 Å². The first kappa shape index (κ1) is 22.9. The number of nitrogens with zero attached hydrogens (tertiary/aromatic N) is 3. The van der Waals surface area contributed by atoms with E-state index in [9.17, 15) is 4.79 Å². The van der Waals surface area contributed by atoms with Gasteiger partial charge in [-0.3, -0.25) is 5.01 Å². The smallest absolute Gasteiger partial charge is 0.350 e. The van der Waals surface area contributed by atoms with E-state index in [1.165, 1.54) is 7.11 Å². The van der Waals surface area contributed by atoms with Crippen LogP contribution in [0.15, 0.2) is 30.1 Å². The number of rotatable bonds is 9. The van der Waals surface area contributed by atoms with Crippen LogP contribution in [0, 0.1) is 5.41 Å². The van der Waals surface area contributed by atoms with Crippen molar-refractivity contribution in [3.63, 3.8) is 0 Å². The first-order valence-corrected chi connectivity index (χ1v) is 10.5. The van der Waals surface area contributed by atoms with Gasteiger partial charge in [0.1, 0.15) is 11.6 Å². The average Bonchev–Trinajstić information content (AvgIpc) is 3.56. The molecule has 1 heterocycles. The third-order valence-electron chi connectivity index (χ3n) is 5.75. The molecule has 1 saturated carbocycles. The zero-order valence-electron chi connectivity index (χ0n) is 18.8. The number of esters is 1. The minimum absolute atomic E-state index is 0.355. The molecule has 1 aliphatic carbocycles. The molecule has 0 unspecified atom stereocenters. The molecule has 1 aromatic carbocycles. The Labute approximate surface area is 183 Å². The number of benzene rings is 1. The van der Waals surface area contributed by atoms with E-state index in [4.69, 9.17) is 25.4 Å². The Morgan fingerprint density at radius 2 is 2.00 bits per heavy atom. The molecule has 0 aromatic heterocycles. The molecule has 0 radical (unpaired) electrons. The fourth-order valence-corrected chi connectivity index (χ4v) is 3.69. The predicted molar refractivity (Wildman–Crippen MR) is 119 cm³/mol. The maximum Gasteiger partial charge on any atom is 0.350 e. The van der Waals surface area contributed by atoms with E-state index in [-0.39, 0.29) is 5.97 Å². The molecule has 3 rings (SSSR count). The number of morpholine rings is 1. The Bertz CT molecular complexity index is 846. The van der Waals surface area contributed by atoms with Crippen molar-refractivity contribution >= 4 is 17.4 Å². The zero-order chi connectivity index (χ0) is 22.6. The Kier molecular flexibility index (Phi) is 7.07. The average molecular weight is 432 g/mol. The number of ether oxygens (including phenoxy) is 3. The Morgan fingerprint density at radius 1 is 1.32 bits per heavy atom. The van der Waals surface area contributed by atoms with Gasteiger partial charge in [-0.05, 0) is 31.2 Å². The number of methoxy groups -OCH3 is 1. The summed E-state index contributed by atoms with van der Waals surface area (Å²) in [5, 5.41) is 12.7. The second kappa shape index (κ2) is 9.57. The van der Waals surface area contributed by atoms with Crippen LogP contribution in [0.25, 0.3) is 0 Å². The summed E-state index contributed by atoms with van der Waals surface area (Å²) in [6.45, 7) is 5.46. The molecule has 170 valence electrons. The summed E-state index contributed by atoms with van der Waals surface area (Å²) in [5.74, 6) is 1.21. The van der Waals surface area contributed by atoms with Crippen LogP contribution in [0.5, 0.6) is 5.75 Å². The first-order valence-electron chi connectivity index (χ1n) is 10.5. The minimum atomic E-state index is -0.902. The molecule has 1 aromatic rings. The van der Waals surface area contributed by atoms with E-state index in [1.54, 1.807) is 18.2 Å². The van der Waals surface area contributed by atoms with E-state index in [1.807, 2.05) is 31.0 Å². The van der Waals surface area contributed by atoms with Crippen LogP contribution in [0.2, 0.25) is 0 Å². The number of nitrogens with one attached hydrogen (secondary N) is 1. The van der Waals surface area contributed by atoms with Crippen LogP contribution in [0.3, 0.4) is 0 Å². The van der Waals surface area contributed by atoms with Crippen molar-refractivity contribution in [2.45, 2.75) is 25.4 Å². The molecule has 0 bridgehead atoms. The van der Waals surface area contributed by atoms with Crippen LogP contribution < -0.4 is 10.5 Å². The number of hydrogen-bond donors (Lipinski definition) is 2. The van der Waals surface area contributed by atoms with E-state index in [2.05, 4.69) is 11.0 Å². The molecule has 9 heteroatoms. The second-order valence-corrected chi connectivity index (χ2v) is 7.90. The number of nitrogen functional groups attached to an aromatic ring is 1. The van der Waals surface area contributed by atoms with Gasteiger partial charge in [-0.1, -0.05) is 0 Å².